The molecule has 3 rings (SSSR count). The van der Waals surface area contributed by atoms with Gasteiger partial charge in [0, 0.05) is 6.07 Å². The van der Waals surface area contributed by atoms with Crippen molar-refractivity contribution >= 4 is 5.78 Å². The molecule has 108 valence electrons. The lowest BCUT2D eigenvalue weighted by Crippen LogP contribution is -2.20. The lowest BCUT2D eigenvalue weighted by Gasteiger charge is -2.25. The van der Waals surface area contributed by atoms with Crippen LogP contribution < -0.4 is 9.47 Å². The number of benzene rings is 2. The zero-order chi connectivity index (χ0) is 15.0. The molecule has 0 aromatic heterocycles. The Hall–Kier alpha value is -2.56. The number of phenolic OH excluding ortho intramolecular Hbond substituents is 1. The zero-order valence-electron chi connectivity index (χ0n) is 11.3. The topological polar surface area (TPSA) is 55.8 Å². The third-order valence-electron chi connectivity index (χ3n) is 3.45. The van der Waals surface area contributed by atoms with Gasteiger partial charge in [0.2, 0.25) is 0 Å². The summed E-state index contributed by atoms with van der Waals surface area (Å²) in [5, 5.41) is 9.49. The second kappa shape index (κ2) is 5.09. The van der Waals surface area contributed by atoms with Gasteiger partial charge < -0.3 is 14.6 Å². The van der Waals surface area contributed by atoms with Gasteiger partial charge in [-0.05, 0) is 29.8 Å². The van der Waals surface area contributed by atoms with Gasteiger partial charge in [0.05, 0.1) is 19.1 Å². The Kier molecular flexibility index (Phi) is 3.25. The molecule has 21 heavy (non-hydrogen) atoms. The number of rotatable bonds is 2. The number of fused-ring (bicyclic) bond motifs is 1. The summed E-state index contributed by atoms with van der Waals surface area (Å²) in [5.74, 6) is -0.0883. The van der Waals surface area contributed by atoms with Crippen LogP contribution in [-0.2, 0) is 0 Å². The molecule has 0 bridgehead atoms. The zero-order valence-corrected chi connectivity index (χ0v) is 11.3. The Morgan fingerprint density at radius 2 is 2.10 bits per heavy atom. The standard InChI is InChI=1S/C16H13FO4/c1-20-16-6-9(2-5-12(16)17)14-8-13(19)11-4-3-10(18)7-15(11)21-14/h2-7,14,18H,8H2,1H3. The number of methoxy groups -OCH3 is 1. The summed E-state index contributed by atoms with van der Waals surface area (Å²) in [6, 6.07) is 8.74. The van der Waals surface area contributed by atoms with Gasteiger partial charge in [0.1, 0.15) is 17.6 Å². The number of aromatic hydroxyl groups is 1. The Balaban J connectivity index is 1.97. The molecule has 2 aromatic carbocycles. The molecule has 0 aliphatic carbocycles. The van der Waals surface area contributed by atoms with Crippen molar-refractivity contribution in [3.63, 3.8) is 0 Å². The molecule has 1 N–H and O–H groups in total. The van der Waals surface area contributed by atoms with Crippen LogP contribution in [0.1, 0.15) is 28.4 Å². The number of halogens is 1. The predicted molar refractivity (Wildman–Crippen MR) is 73.4 cm³/mol. The van der Waals surface area contributed by atoms with Crippen molar-refractivity contribution in [2.75, 3.05) is 7.11 Å². The first-order chi connectivity index (χ1) is 10.1. The van der Waals surface area contributed by atoms with Crippen LogP contribution in [0.5, 0.6) is 17.2 Å². The molecule has 0 spiro atoms. The molecule has 1 heterocycles. The summed E-state index contributed by atoms with van der Waals surface area (Å²) < 4.78 is 24.1. The molecule has 0 fully saturated rings. The van der Waals surface area contributed by atoms with E-state index in [1.807, 2.05) is 0 Å². The molecule has 0 saturated carbocycles. The maximum atomic E-state index is 13.4. The Bertz CT molecular complexity index is 711. The van der Waals surface area contributed by atoms with Crippen molar-refractivity contribution in [2.45, 2.75) is 12.5 Å². The lowest BCUT2D eigenvalue weighted by molar-refractivity contribution is 0.0849. The second-order valence-corrected chi connectivity index (χ2v) is 4.81. The molecule has 5 heteroatoms. The number of phenols is 1. The van der Waals surface area contributed by atoms with Crippen LogP contribution in [0, 0.1) is 5.82 Å². The first-order valence-electron chi connectivity index (χ1n) is 6.45. The molecule has 0 saturated heterocycles. The number of Topliss-reactive ketones (excluding diaryl/α,β-unsaturated/α-hetero) is 1. The largest absolute Gasteiger partial charge is 0.508 e. The summed E-state index contributed by atoms with van der Waals surface area (Å²) in [6.07, 6.45) is -0.367. The first kappa shape index (κ1) is 13.4. The quantitative estimate of drug-likeness (QED) is 0.921. The summed E-state index contributed by atoms with van der Waals surface area (Å²) in [4.78, 5) is 12.1. The molecular formula is C16H13FO4. The van der Waals surface area contributed by atoms with Gasteiger partial charge in [-0.1, -0.05) is 6.07 Å². The highest BCUT2D eigenvalue weighted by Crippen LogP contribution is 2.37. The van der Waals surface area contributed by atoms with Crippen molar-refractivity contribution in [1.82, 2.24) is 0 Å². The van der Waals surface area contributed by atoms with Gasteiger partial charge in [0.15, 0.2) is 17.3 Å². The van der Waals surface area contributed by atoms with Gasteiger partial charge in [-0.3, -0.25) is 4.79 Å². The van der Waals surface area contributed by atoms with Crippen molar-refractivity contribution < 1.29 is 23.8 Å². The van der Waals surface area contributed by atoms with E-state index in [0.29, 0.717) is 16.9 Å². The van der Waals surface area contributed by atoms with E-state index < -0.39 is 11.9 Å². The number of hydrogen-bond acceptors (Lipinski definition) is 4. The highest BCUT2D eigenvalue weighted by Gasteiger charge is 2.28. The van der Waals surface area contributed by atoms with Crippen LogP contribution in [-0.4, -0.2) is 18.0 Å². The Morgan fingerprint density at radius 3 is 2.86 bits per heavy atom. The maximum Gasteiger partial charge on any atom is 0.170 e. The normalized spacial score (nSPS) is 17.0. The Morgan fingerprint density at radius 1 is 1.29 bits per heavy atom. The smallest absolute Gasteiger partial charge is 0.170 e. The number of hydrogen-bond donors (Lipinski definition) is 1. The fourth-order valence-electron chi connectivity index (χ4n) is 2.37. The first-order valence-corrected chi connectivity index (χ1v) is 6.45. The number of ether oxygens (including phenoxy) is 2. The highest BCUT2D eigenvalue weighted by molar-refractivity contribution is 6.00. The van der Waals surface area contributed by atoms with Gasteiger partial charge in [0.25, 0.3) is 0 Å². The molecule has 1 aliphatic heterocycles. The minimum atomic E-state index is -0.527. The summed E-state index contributed by atoms with van der Waals surface area (Å²) in [7, 11) is 1.38. The van der Waals surface area contributed by atoms with E-state index in [1.165, 1.54) is 37.4 Å². The fraction of sp³-hybridized carbons (Fsp3) is 0.188. The van der Waals surface area contributed by atoms with Gasteiger partial charge in [-0.25, -0.2) is 4.39 Å². The number of carbonyl (C=O) groups excluding carboxylic acids is 1. The second-order valence-electron chi connectivity index (χ2n) is 4.81. The van der Waals surface area contributed by atoms with E-state index in [9.17, 15) is 14.3 Å². The number of carbonyl (C=O) groups is 1. The van der Waals surface area contributed by atoms with Gasteiger partial charge in [-0.2, -0.15) is 0 Å². The molecule has 1 unspecified atom stereocenters. The molecular weight excluding hydrogens is 275 g/mol. The van der Waals surface area contributed by atoms with Crippen LogP contribution in [0.2, 0.25) is 0 Å². The maximum absolute atomic E-state index is 13.4. The minimum Gasteiger partial charge on any atom is -0.508 e. The van der Waals surface area contributed by atoms with Crippen molar-refractivity contribution in [3.8, 4) is 17.2 Å². The SMILES string of the molecule is COc1cc(C2CC(=O)c3ccc(O)cc3O2)ccc1F. The summed E-state index contributed by atoms with van der Waals surface area (Å²) in [6.45, 7) is 0. The Labute approximate surface area is 120 Å². The van der Waals surface area contributed by atoms with Gasteiger partial charge >= 0.3 is 0 Å². The summed E-state index contributed by atoms with van der Waals surface area (Å²) >= 11 is 0. The average Bonchev–Trinajstić information content (AvgIpc) is 2.47. The average molecular weight is 288 g/mol. The number of ketones is 1. The van der Waals surface area contributed by atoms with Crippen LogP contribution >= 0.6 is 0 Å². The highest BCUT2D eigenvalue weighted by atomic mass is 19.1. The fourth-order valence-corrected chi connectivity index (χ4v) is 2.37. The summed E-state index contributed by atoms with van der Waals surface area (Å²) in [5.41, 5.74) is 1.09. The molecule has 2 aromatic rings. The van der Waals surface area contributed by atoms with Crippen LogP contribution in [0.3, 0.4) is 0 Å². The van der Waals surface area contributed by atoms with E-state index in [2.05, 4.69) is 0 Å². The van der Waals surface area contributed by atoms with Crippen molar-refractivity contribution in [1.29, 1.82) is 0 Å². The van der Waals surface area contributed by atoms with E-state index in [0.717, 1.165) is 0 Å². The van der Waals surface area contributed by atoms with Crippen molar-refractivity contribution in [2.24, 2.45) is 0 Å². The van der Waals surface area contributed by atoms with Crippen LogP contribution in [0.15, 0.2) is 36.4 Å². The molecule has 1 aliphatic rings. The van der Waals surface area contributed by atoms with E-state index in [-0.39, 0.29) is 23.7 Å². The minimum absolute atomic E-state index is 0.0267. The van der Waals surface area contributed by atoms with E-state index in [4.69, 9.17) is 9.47 Å². The molecule has 1 atom stereocenters. The van der Waals surface area contributed by atoms with Crippen LogP contribution in [0.25, 0.3) is 0 Å². The molecule has 4 nitrogen and oxygen atoms in total. The van der Waals surface area contributed by atoms with Crippen LogP contribution in [0.4, 0.5) is 4.39 Å². The third-order valence-corrected chi connectivity index (χ3v) is 3.45. The van der Waals surface area contributed by atoms with E-state index in [1.54, 1.807) is 6.07 Å². The molecule has 0 amide bonds. The third kappa shape index (κ3) is 2.42. The van der Waals surface area contributed by atoms with Crippen molar-refractivity contribution in [3.05, 3.63) is 53.3 Å². The lowest BCUT2D eigenvalue weighted by atomic mass is 9.96. The molecule has 0 radical (unpaired) electrons. The van der Waals surface area contributed by atoms with E-state index >= 15 is 0 Å². The van der Waals surface area contributed by atoms with Gasteiger partial charge in [-0.15, -0.1) is 0 Å². The monoisotopic (exact) mass is 288 g/mol. The predicted octanol–water partition coefficient (Wildman–Crippen LogP) is 3.25.